The van der Waals surface area contributed by atoms with Gasteiger partial charge in [0.15, 0.2) is 4.77 Å². The Kier molecular flexibility index (Phi) is 2.79. The summed E-state index contributed by atoms with van der Waals surface area (Å²) in [7, 11) is 1.86. The highest BCUT2D eigenvalue weighted by Gasteiger charge is 2.13. The van der Waals surface area contributed by atoms with E-state index in [4.69, 9.17) is 17.0 Å². The monoisotopic (exact) mass is 211 g/mol. The third-order valence-electron chi connectivity index (χ3n) is 2.35. The molecule has 0 spiro atoms. The first kappa shape index (κ1) is 9.61. The zero-order chi connectivity index (χ0) is 9.97. The molecule has 0 bridgehead atoms. The lowest BCUT2D eigenvalue weighted by Gasteiger charge is -2.09. The fraction of sp³-hybridized carbons (Fsp3) is 0.556. The zero-order valence-corrected chi connectivity index (χ0v) is 8.91. The lowest BCUT2D eigenvalue weighted by atomic mass is 10.1. The van der Waals surface area contributed by atoms with Crippen molar-refractivity contribution >= 4 is 18.0 Å². The van der Waals surface area contributed by atoms with Crippen molar-refractivity contribution in [3.05, 3.63) is 16.0 Å². The smallest absolute Gasteiger partial charge is 0.198 e. The van der Waals surface area contributed by atoms with Gasteiger partial charge < -0.3 is 15.0 Å². The molecular formula is C9H13N3OS. The van der Waals surface area contributed by atoms with E-state index < -0.39 is 0 Å². The fourth-order valence-electron chi connectivity index (χ4n) is 1.68. The van der Waals surface area contributed by atoms with Crippen molar-refractivity contribution in [2.24, 2.45) is 0 Å². The number of anilines is 1. The number of H-pyrrole nitrogens is 1. The molecule has 1 aliphatic rings. The van der Waals surface area contributed by atoms with E-state index in [1.54, 1.807) is 0 Å². The van der Waals surface area contributed by atoms with Crippen LogP contribution in [0.5, 0.6) is 0 Å². The maximum atomic E-state index is 5.41. The minimum Gasteiger partial charge on any atom is -0.381 e. The molecule has 2 rings (SSSR count). The highest BCUT2D eigenvalue weighted by Crippen LogP contribution is 2.18. The van der Waals surface area contributed by atoms with Crippen LogP contribution < -0.4 is 5.32 Å². The second kappa shape index (κ2) is 4.06. The Labute approximate surface area is 87.7 Å². The van der Waals surface area contributed by atoms with Gasteiger partial charge in [-0.2, -0.15) is 0 Å². The summed E-state index contributed by atoms with van der Waals surface area (Å²) in [4.78, 5) is 7.37. The van der Waals surface area contributed by atoms with Crippen LogP contribution in [0.3, 0.4) is 0 Å². The van der Waals surface area contributed by atoms with Crippen LogP contribution in [0, 0.1) is 4.77 Å². The molecule has 1 aromatic rings. The number of fused-ring (bicyclic) bond motifs is 1. The van der Waals surface area contributed by atoms with E-state index in [0.29, 0.717) is 4.77 Å². The Morgan fingerprint density at radius 3 is 3.00 bits per heavy atom. The van der Waals surface area contributed by atoms with Gasteiger partial charge in [0.2, 0.25) is 0 Å². The fourth-order valence-corrected chi connectivity index (χ4v) is 1.90. The van der Waals surface area contributed by atoms with Crippen molar-refractivity contribution in [3.63, 3.8) is 0 Å². The molecule has 5 heteroatoms. The number of nitrogens with one attached hydrogen (secondary N) is 2. The highest BCUT2D eigenvalue weighted by molar-refractivity contribution is 7.71. The summed E-state index contributed by atoms with van der Waals surface area (Å²) in [6.45, 7) is 1.51. The van der Waals surface area contributed by atoms with E-state index in [2.05, 4.69) is 15.3 Å². The van der Waals surface area contributed by atoms with E-state index >= 15 is 0 Å². The molecule has 14 heavy (non-hydrogen) atoms. The largest absolute Gasteiger partial charge is 0.381 e. The van der Waals surface area contributed by atoms with Crippen molar-refractivity contribution in [1.29, 1.82) is 0 Å². The number of ether oxygens (including phenoxy) is 1. The molecule has 0 unspecified atom stereocenters. The van der Waals surface area contributed by atoms with Crippen LogP contribution in [0.25, 0.3) is 0 Å². The van der Waals surface area contributed by atoms with Crippen LogP contribution in [-0.2, 0) is 17.6 Å². The minimum atomic E-state index is 0.537. The molecule has 2 heterocycles. The Balaban J connectivity index is 2.52. The van der Waals surface area contributed by atoms with Crippen LogP contribution in [-0.4, -0.2) is 30.2 Å². The molecule has 0 saturated heterocycles. The van der Waals surface area contributed by atoms with Gasteiger partial charge in [-0.05, 0) is 12.2 Å². The SMILES string of the molecule is CNc1nc(=S)[nH]c2c1CCOCC2. The summed E-state index contributed by atoms with van der Waals surface area (Å²) < 4.78 is 5.94. The van der Waals surface area contributed by atoms with Gasteiger partial charge in [0, 0.05) is 31.1 Å². The van der Waals surface area contributed by atoms with Crippen LogP contribution in [0.1, 0.15) is 11.3 Å². The first-order valence-corrected chi connectivity index (χ1v) is 5.09. The highest BCUT2D eigenvalue weighted by atomic mass is 32.1. The lowest BCUT2D eigenvalue weighted by Crippen LogP contribution is -2.06. The van der Waals surface area contributed by atoms with Gasteiger partial charge >= 0.3 is 0 Å². The second-order valence-electron chi connectivity index (χ2n) is 3.21. The minimum absolute atomic E-state index is 0.537. The molecule has 0 saturated carbocycles. The van der Waals surface area contributed by atoms with Crippen LogP contribution >= 0.6 is 12.2 Å². The third kappa shape index (κ3) is 1.78. The average molecular weight is 211 g/mol. The lowest BCUT2D eigenvalue weighted by molar-refractivity contribution is 0.146. The van der Waals surface area contributed by atoms with Gasteiger partial charge in [-0.15, -0.1) is 0 Å². The maximum Gasteiger partial charge on any atom is 0.198 e. The predicted molar refractivity (Wildman–Crippen MR) is 57.2 cm³/mol. The van der Waals surface area contributed by atoms with Crippen molar-refractivity contribution in [1.82, 2.24) is 9.97 Å². The third-order valence-corrected chi connectivity index (χ3v) is 2.54. The van der Waals surface area contributed by atoms with Gasteiger partial charge in [-0.1, -0.05) is 0 Å². The van der Waals surface area contributed by atoms with E-state index in [0.717, 1.165) is 37.6 Å². The van der Waals surface area contributed by atoms with E-state index in [9.17, 15) is 0 Å². The number of aromatic nitrogens is 2. The molecule has 0 radical (unpaired) electrons. The molecule has 1 aromatic heterocycles. The van der Waals surface area contributed by atoms with Crippen LogP contribution in [0.15, 0.2) is 0 Å². The molecule has 4 nitrogen and oxygen atoms in total. The first-order chi connectivity index (χ1) is 6.81. The molecule has 76 valence electrons. The summed E-state index contributed by atoms with van der Waals surface area (Å²) in [6.07, 6.45) is 1.78. The molecule has 0 amide bonds. The molecule has 1 aliphatic heterocycles. The number of hydrogen-bond acceptors (Lipinski definition) is 4. The molecule has 0 aliphatic carbocycles. The van der Waals surface area contributed by atoms with Crippen molar-refractivity contribution in [3.8, 4) is 0 Å². The second-order valence-corrected chi connectivity index (χ2v) is 3.60. The number of nitrogens with zero attached hydrogens (tertiary/aromatic N) is 1. The topological polar surface area (TPSA) is 49.9 Å². The first-order valence-electron chi connectivity index (χ1n) is 4.69. The normalized spacial score (nSPS) is 15.8. The van der Waals surface area contributed by atoms with Gasteiger partial charge in [-0.3, -0.25) is 0 Å². The summed E-state index contributed by atoms with van der Waals surface area (Å²) >= 11 is 5.05. The Bertz CT molecular complexity index is 388. The quantitative estimate of drug-likeness (QED) is 0.687. The van der Waals surface area contributed by atoms with Crippen LogP contribution in [0.2, 0.25) is 0 Å². The Morgan fingerprint density at radius 2 is 2.21 bits per heavy atom. The zero-order valence-electron chi connectivity index (χ0n) is 8.09. The average Bonchev–Trinajstić information content (AvgIpc) is 2.41. The van der Waals surface area contributed by atoms with Crippen LogP contribution in [0.4, 0.5) is 5.82 Å². The Morgan fingerprint density at radius 1 is 1.43 bits per heavy atom. The van der Waals surface area contributed by atoms with E-state index in [1.807, 2.05) is 7.05 Å². The number of hydrogen-bond donors (Lipinski definition) is 2. The van der Waals surface area contributed by atoms with Crippen molar-refractivity contribution < 1.29 is 4.74 Å². The molecule has 0 atom stereocenters. The summed E-state index contributed by atoms with van der Waals surface area (Å²) in [6, 6.07) is 0. The molecule has 0 aromatic carbocycles. The van der Waals surface area contributed by atoms with E-state index in [-0.39, 0.29) is 0 Å². The number of aromatic amines is 1. The maximum absolute atomic E-state index is 5.41. The van der Waals surface area contributed by atoms with Gasteiger partial charge in [0.25, 0.3) is 0 Å². The van der Waals surface area contributed by atoms with Crippen molar-refractivity contribution in [2.75, 3.05) is 25.6 Å². The summed E-state index contributed by atoms with van der Waals surface area (Å²) in [5, 5.41) is 3.07. The van der Waals surface area contributed by atoms with Gasteiger partial charge in [-0.25, -0.2) is 4.98 Å². The molecule has 2 N–H and O–H groups in total. The molecule has 0 fully saturated rings. The standard InChI is InChI=1S/C9H13N3OS/c1-10-8-6-2-4-13-5-3-7(6)11-9(14)12-8/h2-5H2,1H3,(H2,10,11,12,14). The van der Waals surface area contributed by atoms with Gasteiger partial charge in [0.1, 0.15) is 5.82 Å². The molecular weight excluding hydrogens is 198 g/mol. The summed E-state index contributed by atoms with van der Waals surface area (Å²) in [5.41, 5.74) is 2.37. The Hall–Kier alpha value is -0.940. The predicted octanol–water partition coefficient (Wildman–Crippen LogP) is 1.30. The van der Waals surface area contributed by atoms with Crippen molar-refractivity contribution in [2.45, 2.75) is 12.8 Å². The van der Waals surface area contributed by atoms with E-state index in [1.165, 1.54) is 5.56 Å². The van der Waals surface area contributed by atoms with Gasteiger partial charge in [0.05, 0.1) is 13.2 Å². The summed E-state index contributed by atoms with van der Waals surface area (Å²) in [5.74, 6) is 0.884. The number of rotatable bonds is 1.